The van der Waals surface area contributed by atoms with Gasteiger partial charge >= 0.3 is 0 Å². The van der Waals surface area contributed by atoms with Crippen LogP contribution >= 0.6 is 12.4 Å². The Morgan fingerprint density at radius 2 is 1.60 bits per heavy atom. The van der Waals surface area contributed by atoms with Gasteiger partial charge in [0.1, 0.15) is 0 Å². The summed E-state index contributed by atoms with van der Waals surface area (Å²) >= 11 is 0. The summed E-state index contributed by atoms with van der Waals surface area (Å²) < 4.78 is 0. The Morgan fingerprint density at radius 3 is 2.36 bits per heavy atom. The molecule has 0 nitrogen and oxygen atoms in total. The third-order valence-electron chi connectivity index (χ3n) is 10.1. The van der Waals surface area contributed by atoms with Crippen LogP contribution in [-0.2, 0) is 0 Å². The average Bonchev–Trinajstić information content (AvgIpc) is 2.92. The molecule has 0 N–H and O–H groups in total. The fourth-order valence-electron chi connectivity index (χ4n) is 8.93. The van der Waals surface area contributed by atoms with Crippen molar-refractivity contribution >= 4 is 12.4 Å². The molecule has 0 heterocycles. The van der Waals surface area contributed by atoms with Crippen molar-refractivity contribution in [3.05, 3.63) is 0 Å². The van der Waals surface area contributed by atoms with Crippen LogP contribution in [0.5, 0.6) is 0 Å². The molecule has 4 saturated carbocycles. The van der Waals surface area contributed by atoms with Crippen LogP contribution in [0.25, 0.3) is 0 Å². The quantitative estimate of drug-likeness (QED) is 0.476. The molecule has 1 unspecified atom stereocenters. The van der Waals surface area contributed by atoms with Crippen molar-refractivity contribution in [2.24, 2.45) is 46.3 Å². The van der Waals surface area contributed by atoms with Crippen LogP contribution in [0.4, 0.5) is 0 Å². The number of halogens is 1. The molecule has 0 radical (unpaired) electrons. The molecule has 8 atom stereocenters. The zero-order valence-electron chi connectivity index (χ0n) is 17.4. The predicted octanol–water partition coefficient (Wildman–Crippen LogP) is 7.89. The molecule has 25 heavy (non-hydrogen) atoms. The second kappa shape index (κ2) is 7.37. The van der Waals surface area contributed by atoms with Crippen LogP contribution in [0.2, 0.25) is 0 Å². The molecule has 0 spiro atoms. The molecular formula is C24H43Cl. The highest BCUT2D eigenvalue weighted by Gasteiger charge is 2.59. The van der Waals surface area contributed by atoms with Gasteiger partial charge in [-0.15, -0.1) is 12.4 Å². The minimum absolute atomic E-state index is 0. The first-order valence-electron chi connectivity index (χ1n) is 11.5. The number of rotatable bonds is 3. The number of hydrogen-bond acceptors (Lipinski definition) is 0. The first kappa shape index (κ1) is 20.0. The molecule has 0 aromatic heterocycles. The molecule has 1 heteroatoms. The summed E-state index contributed by atoms with van der Waals surface area (Å²) in [6, 6.07) is 0. The van der Waals surface area contributed by atoms with E-state index in [1.807, 2.05) is 0 Å². The average molecular weight is 367 g/mol. The Bertz CT molecular complexity index is 459. The van der Waals surface area contributed by atoms with Crippen molar-refractivity contribution in [3.63, 3.8) is 0 Å². The van der Waals surface area contributed by atoms with E-state index >= 15 is 0 Å². The van der Waals surface area contributed by atoms with Gasteiger partial charge < -0.3 is 0 Å². The van der Waals surface area contributed by atoms with Crippen molar-refractivity contribution in [1.29, 1.82) is 0 Å². The zero-order chi connectivity index (χ0) is 16.9. The minimum atomic E-state index is 0. The first-order valence-corrected chi connectivity index (χ1v) is 11.5. The van der Waals surface area contributed by atoms with E-state index in [1.165, 1.54) is 25.7 Å². The molecule has 146 valence electrons. The summed E-state index contributed by atoms with van der Waals surface area (Å²) in [6.45, 7) is 10.4. The molecule has 4 fully saturated rings. The van der Waals surface area contributed by atoms with Gasteiger partial charge in [0.15, 0.2) is 0 Å². The molecule has 0 saturated heterocycles. The third kappa shape index (κ3) is 3.01. The van der Waals surface area contributed by atoms with Gasteiger partial charge in [-0.05, 0) is 97.7 Å². The maximum atomic E-state index is 2.73. The molecule has 4 aliphatic rings. The Labute approximate surface area is 163 Å². The van der Waals surface area contributed by atoms with Gasteiger partial charge in [0, 0.05) is 0 Å². The summed E-state index contributed by atoms with van der Waals surface area (Å²) in [5.41, 5.74) is 1.41. The monoisotopic (exact) mass is 366 g/mol. The molecule has 4 aliphatic carbocycles. The van der Waals surface area contributed by atoms with Gasteiger partial charge in [0.2, 0.25) is 0 Å². The van der Waals surface area contributed by atoms with Crippen LogP contribution in [0, 0.1) is 46.3 Å². The van der Waals surface area contributed by atoms with Crippen LogP contribution in [0.15, 0.2) is 0 Å². The smallest absolute Gasteiger partial charge is 0.0264 e. The lowest BCUT2D eigenvalue weighted by atomic mass is 9.44. The lowest BCUT2D eigenvalue weighted by Crippen LogP contribution is -2.53. The fourth-order valence-corrected chi connectivity index (χ4v) is 8.93. The third-order valence-corrected chi connectivity index (χ3v) is 10.1. The van der Waals surface area contributed by atoms with E-state index in [2.05, 4.69) is 27.7 Å². The van der Waals surface area contributed by atoms with Crippen molar-refractivity contribution in [1.82, 2.24) is 0 Å². The number of hydrogen-bond donors (Lipinski definition) is 0. The molecule has 0 amide bonds. The summed E-state index contributed by atoms with van der Waals surface area (Å²) in [4.78, 5) is 0. The van der Waals surface area contributed by atoms with Gasteiger partial charge in [-0.25, -0.2) is 0 Å². The molecule has 4 rings (SSSR count). The summed E-state index contributed by atoms with van der Waals surface area (Å²) in [6.07, 6.45) is 18.4. The second-order valence-corrected chi connectivity index (χ2v) is 10.9. The second-order valence-electron chi connectivity index (χ2n) is 10.9. The maximum absolute atomic E-state index is 2.73. The van der Waals surface area contributed by atoms with Crippen molar-refractivity contribution in [3.8, 4) is 0 Å². The molecule has 0 aliphatic heterocycles. The van der Waals surface area contributed by atoms with E-state index in [0.717, 1.165) is 40.9 Å². The lowest BCUT2D eigenvalue weighted by Gasteiger charge is -2.61. The van der Waals surface area contributed by atoms with E-state index in [0.29, 0.717) is 5.41 Å². The topological polar surface area (TPSA) is 0 Å². The van der Waals surface area contributed by atoms with Crippen LogP contribution in [0.3, 0.4) is 0 Å². The van der Waals surface area contributed by atoms with Crippen molar-refractivity contribution in [2.45, 2.75) is 105 Å². The van der Waals surface area contributed by atoms with Crippen molar-refractivity contribution in [2.75, 3.05) is 0 Å². The lowest BCUT2D eigenvalue weighted by molar-refractivity contribution is -0.114. The highest BCUT2D eigenvalue weighted by Crippen LogP contribution is 2.68. The van der Waals surface area contributed by atoms with Crippen LogP contribution < -0.4 is 0 Å². The summed E-state index contributed by atoms with van der Waals surface area (Å²) in [5.74, 6) is 6.30. The zero-order valence-corrected chi connectivity index (χ0v) is 18.2. The maximum Gasteiger partial charge on any atom is -0.0264 e. The summed E-state index contributed by atoms with van der Waals surface area (Å²) in [7, 11) is 0. The van der Waals surface area contributed by atoms with Crippen LogP contribution in [0.1, 0.15) is 105 Å². The Kier molecular flexibility index (Phi) is 5.90. The highest BCUT2D eigenvalue weighted by molar-refractivity contribution is 5.85. The standard InChI is InChI=1S/C24H42.ClH/c1-5-8-17(2)20-12-13-21-19-11-10-18-9-6-7-15-23(18,3)22(19)14-16-24(20,21)4;/h17-22H,5-16H2,1-4H3;1H/t17-,18?,19+,20-,21+,22+,23+,24-;/m1./s1. The minimum Gasteiger partial charge on any atom is -0.147 e. The Hall–Kier alpha value is 0.290. The van der Waals surface area contributed by atoms with Crippen molar-refractivity contribution < 1.29 is 0 Å². The normalized spacial score (nSPS) is 50.2. The van der Waals surface area contributed by atoms with Gasteiger partial charge in [-0.1, -0.05) is 53.4 Å². The van der Waals surface area contributed by atoms with Gasteiger partial charge in [-0.3, -0.25) is 0 Å². The van der Waals surface area contributed by atoms with Gasteiger partial charge in [0.25, 0.3) is 0 Å². The SMILES string of the molecule is CCC[C@@H](C)[C@H]1CC[C@H]2[C@@H]3CCC4CCCC[C@]4(C)[C@H]3CC[C@]12C.Cl. The first-order chi connectivity index (χ1) is 11.5. The van der Waals surface area contributed by atoms with E-state index in [1.54, 1.807) is 51.4 Å². The van der Waals surface area contributed by atoms with E-state index in [9.17, 15) is 0 Å². The van der Waals surface area contributed by atoms with Crippen LogP contribution in [-0.4, -0.2) is 0 Å². The number of fused-ring (bicyclic) bond motifs is 5. The van der Waals surface area contributed by atoms with E-state index < -0.39 is 0 Å². The fraction of sp³-hybridized carbons (Fsp3) is 1.00. The largest absolute Gasteiger partial charge is 0.147 e. The van der Waals surface area contributed by atoms with E-state index in [-0.39, 0.29) is 12.4 Å². The Morgan fingerprint density at radius 1 is 0.840 bits per heavy atom. The van der Waals surface area contributed by atoms with Gasteiger partial charge in [0.05, 0.1) is 0 Å². The van der Waals surface area contributed by atoms with Gasteiger partial charge in [-0.2, -0.15) is 0 Å². The molecule has 0 bridgehead atoms. The predicted molar refractivity (Wildman–Crippen MR) is 111 cm³/mol. The highest BCUT2D eigenvalue weighted by atomic mass is 35.5. The van der Waals surface area contributed by atoms with E-state index in [4.69, 9.17) is 0 Å². The summed E-state index contributed by atoms with van der Waals surface area (Å²) in [5, 5.41) is 0. The Balaban J connectivity index is 0.00000182. The molecule has 0 aromatic carbocycles. The molecule has 0 aromatic rings. The molecular weight excluding hydrogens is 324 g/mol.